The van der Waals surface area contributed by atoms with Crippen LogP contribution in [0, 0.1) is 5.82 Å². The number of ether oxygens (including phenoxy) is 4. The van der Waals surface area contributed by atoms with Gasteiger partial charge in [0.15, 0.2) is 0 Å². The lowest BCUT2D eigenvalue weighted by atomic mass is 9.87. The second-order valence-corrected chi connectivity index (χ2v) is 11.5. The lowest BCUT2D eigenvalue weighted by Crippen LogP contribution is -2.41. The van der Waals surface area contributed by atoms with Gasteiger partial charge in [-0.3, -0.25) is 0 Å². The molecule has 1 N–H and O–H groups in total. The van der Waals surface area contributed by atoms with E-state index in [1.165, 1.54) is 11.6 Å². The Morgan fingerprint density at radius 2 is 1.93 bits per heavy atom. The molecule has 0 amide bonds. The minimum atomic E-state index is -0.203. The first-order chi connectivity index (χ1) is 20.7. The van der Waals surface area contributed by atoms with Crippen molar-refractivity contribution in [3.05, 3.63) is 83.7 Å². The zero-order valence-corrected chi connectivity index (χ0v) is 24.5. The molecule has 224 valence electrons. The molecule has 3 aromatic rings. The molecule has 8 heteroatoms. The second-order valence-electron chi connectivity index (χ2n) is 11.5. The molecule has 3 heterocycles. The smallest absolute Gasteiger partial charge is 0.142 e. The maximum Gasteiger partial charge on any atom is 0.142 e. The Labute approximate surface area is 248 Å². The Morgan fingerprint density at radius 3 is 2.79 bits per heavy atom. The van der Waals surface area contributed by atoms with E-state index in [0.29, 0.717) is 19.1 Å². The molecule has 0 aliphatic carbocycles. The van der Waals surface area contributed by atoms with Gasteiger partial charge >= 0.3 is 0 Å². The summed E-state index contributed by atoms with van der Waals surface area (Å²) in [6, 6.07) is 21.8. The van der Waals surface area contributed by atoms with Crippen molar-refractivity contribution >= 4 is 11.4 Å². The van der Waals surface area contributed by atoms with Crippen molar-refractivity contribution in [1.29, 1.82) is 0 Å². The first kappa shape index (κ1) is 28.8. The largest absolute Gasteiger partial charge is 0.490 e. The number of anilines is 2. The van der Waals surface area contributed by atoms with Gasteiger partial charge in [0.25, 0.3) is 0 Å². The van der Waals surface area contributed by atoms with Crippen molar-refractivity contribution in [2.45, 2.75) is 44.0 Å². The third kappa shape index (κ3) is 7.00. The van der Waals surface area contributed by atoms with Crippen LogP contribution in [0.25, 0.3) is 0 Å². The molecular formula is C34H42FN3O4. The predicted octanol–water partition coefficient (Wildman–Crippen LogP) is 5.38. The molecule has 42 heavy (non-hydrogen) atoms. The number of nitrogens with zero attached hydrogens (tertiary/aromatic N) is 2. The fourth-order valence-corrected chi connectivity index (χ4v) is 6.35. The number of hydrogen-bond acceptors (Lipinski definition) is 7. The standard InChI is InChI=1S/C34H42FN3O4/c1-39-18-3-15-37-17-19-40-33-11-6-25(20-32(33)37)24-41-34-22-36-14-12-31(34)26-7-9-29(10-8-26)42-30-13-16-38(23-30)28-5-2-4-27(35)21-28/h2,4-11,20-21,30-31,34,36H,3,12-19,22-24H2,1H3/t30-,31?,34-/m0/s1. The van der Waals surface area contributed by atoms with Crippen LogP contribution in [0.3, 0.4) is 0 Å². The van der Waals surface area contributed by atoms with E-state index in [-0.39, 0.29) is 18.0 Å². The number of fused-ring (bicyclic) bond motifs is 1. The maximum absolute atomic E-state index is 13.7. The van der Waals surface area contributed by atoms with E-state index in [1.807, 2.05) is 6.07 Å². The van der Waals surface area contributed by atoms with Crippen LogP contribution >= 0.6 is 0 Å². The van der Waals surface area contributed by atoms with Gasteiger partial charge in [-0.25, -0.2) is 4.39 Å². The SMILES string of the molecule is COCCCN1CCOc2ccc(CO[C@H]3CNCCC3c3ccc(O[C@H]4CCN(c5cccc(F)c5)C4)cc3)cc21. The third-order valence-electron chi connectivity index (χ3n) is 8.58. The molecule has 3 aliphatic rings. The highest BCUT2D eigenvalue weighted by Crippen LogP contribution is 2.34. The van der Waals surface area contributed by atoms with Crippen LogP contribution in [-0.4, -0.2) is 71.8 Å². The molecule has 6 rings (SSSR count). The molecule has 0 radical (unpaired) electrons. The van der Waals surface area contributed by atoms with E-state index < -0.39 is 0 Å². The lowest BCUT2D eigenvalue weighted by molar-refractivity contribution is 0.0106. The molecule has 0 bridgehead atoms. The Morgan fingerprint density at radius 1 is 1.02 bits per heavy atom. The summed E-state index contributed by atoms with van der Waals surface area (Å²) in [5.41, 5.74) is 4.50. The van der Waals surface area contributed by atoms with Crippen molar-refractivity contribution in [3.8, 4) is 11.5 Å². The quantitative estimate of drug-likeness (QED) is 0.308. The highest BCUT2D eigenvalue weighted by atomic mass is 19.1. The van der Waals surface area contributed by atoms with Gasteiger partial charge in [-0.15, -0.1) is 0 Å². The molecule has 3 aliphatic heterocycles. The predicted molar refractivity (Wildman–Crippen MR) is 164 cm³/mol. The highest BCUT2D eigenvalue weighted by molar-refractivity contribution is 5.61. The second kappa shape index (κ2) is 13.8. The van der Waals surface area contributed by atoms with Crippen LogP contribution in [0.2, 0.25) is 0 Å². The summed E-state index contributed by atoms with van der Waals surface area (Å²) in [5.74, 6) is 1.94. The van der Waals surface area contributed by atoms with Gasteiger partial charge in [0.05, 0.1) is 31.5 Å². The first-order valence-corrected chi connectivity index (χ1v) is 15.3. The van der Waals surface area contributed by atoms with Crippen molar-refractivity contribution in [2.24, 2.45) is 0 Å². The van der Waals surface area contributed by atoms with Crippen LogP contribution < -0.4 is 24.6 Å². The van der Waals surface area contributed by atoms with E-state index >= 15 is 0 Å². The van der Waals surface area contributed by atoms with Gasteiger partial charge in [-0.1, -0.05) is 24.3 Å². The Bertz CT molecular complexity index is 1310. The first-order valence-electron chi connectivity index (χ1n) is 15.3. The molecule has 0 saturated carbocycles. The number of hydrogen-bond donors (Lipinski definition) is 1. The Hall–Kier alpha value is -3.33. The number of rotatable bonds is 11. The Balaban J connectivity index is 1.05. The van der Waals surface area contributed by atoms with Gasteiger partial charge < -0.3 is 34.1 Å². The lowest BCUT2D eigenvalue weighted by Gasteiger charge is -2.33. The zero-order valence-electron chi connectivity index (χ0n) is 24.5. The van der Waals surface area contributed by atoms with Crippen LogP contribution in [-0.2, 0) is 16.1 Å². The number of nitrogens with one attached hydrogen (secondary N) is 1. The summed E-state index contributed by atoms with van der Waals surface area (Å²) in [5, 5.41) is 3.52. The van der Waals surface area contributed by atoms with E-state index in [4.69, 9.17) is 18.9 Å². The average Bonchev–Trinajstić information content (AvgIpc) is 3.49. The highest BCUT2D eigenvalue weighted by Gasteiger charge is 2.28. The third-order valence-corrected chi connectivity index (χ3v) is 8.58. The van der Waals surface area contributed by atoms with Gasteiger partial charge in [0.2, 0.25) is 0 Å². The van der Waals surface area contributed by atoms with Crippen LogP contribution in [0.1, 0.15) is 36.3 Å². The molecule has 7 nitrogen and oxygen atoms in total. The maximum atomic E-state index is 13.7. The minimum Gasteiger partial charge on any atom is -0.490 e. The number of piperidine rings is 1. The molecular weight excluding hydrogens is 533 g/mol. The zero-order chi connectivity index (χ0) is 28.7. The molecule has 1 unspecified atom stereocenters. The monoisotopic (exact) mass is 575 g/mol. The molecule has 2 saturated heterocycles. The van der Waals surface area contributed by atoms with E-state index in [0.717, 1.165) is 93.6 Å². The number of methoxy groups -OCH3 is 1. The van der Waals surface area contributed by atoms with Crippen LogP contribution in [0.4, 0.5) is 15.8 Å². The van der Waals surface area contributed by atoms with Gasteiger partial charge in [-0.2, -0.15) is 0 Å². The van der Waals surface area contributed by atoms with Crippen molar-refractivity contribution in [3.63, 3.8) is 0 Å². The summed E-state index contributed by atoms with van der Waals surface area (Å²) < 4.78 is 37.7. The van der Waals surface area contributed by atoms with Gasteiger partial charge in [0.1, 0.15) is 30.0 Å². The van der Waals surface area contributed by atoms with Crippen molar-refractivity contribution in [1.82, 2.24) is 5.32 Å². The normalized spacial score (nSPS) is 22.1. The topological polar surface area (TPSA) is 55.4 Å². The molecule has 3 aromatic carbocycles. The fourth-order valence-electron chi connectivity index (χ4n) is 6.35. The molecule has 3 atom stereocenters. The van der Waals surface area contributed by atoms with Crippen LogP contribution in [0.5, 0.6) is 11.5 Å². The molecule has 2 fully saturated rings. The average molecular weight is 576 g/mol. The van der Waals surface area contributed by atoms with E-state index in [9.17, 15) is 4.39 Å². The fraction of sp³-hybridized carbons (Fsp3) is 0.471. The van der Waals surface area contributed by atoms with Gasteiger partial charge in [0, 0.05) is 51.4 Å². The Kier molecular flexibility index (Phi) is 9.43. The minimum absolute atomic E-state index is 0.0882. The number of benzene rings is 3. The summed E-state index contributed by atoms with van der Waals surface area (Å²) >= 11 is 0. The summed E-state index contributed by atoms with van der Waals surface area (Å²) in [6.45, 7) is 7.31. The van der Waals surface area contributed by atoms with Crippen molar-refractivity contribution in [2.75, 3.05) is 69.4 Å². The summed E-state index contributed by atoms with van der Waals surface area (Å²) in [4.78, 5) is 4.58. The molecule has 0 aromatic heterocycles. The van der Waals surface area contributed by atoms with E-state index in [1.54, 1.807) is 19.2 Å². The molecule has 0 spiro atoms. The van der Waals surface area contributed by atoms with E-state index in [2.05, 4.69) is 57.6 Å². The van der Waals surface area contributed by atoms with Crippen LogP contribution in [0.15, 0.2) is 66.7 Å². The summed E-state index contributed by atoms with van der Waals surface area (Å²) in [6.07, 6.45) is 3.12. The van der Waals surface area contributed by atoms with Gasteiger partial charge in [-0.05, 0) is 73.0 Å². The summed E-state index contributed by atoms with van der Waals surface area (Å²) in [7, 11) is 1.75. The number of halogens is 1. The van der Waals surface area contributed by atoms with Crippen molar-refractivity contribution < 1.29 is 23.3 Å².